The molecule has 0 spiro atoms. The number of nitrogens with zero attached hydrogens (tertiary/aromatic N) is 1. The van der Waals surface area contributed by atoms with Gasteiger partial charge in [-0.3, -0.25) is 9.67 Å². The number of halogens is 1. The van der Waals surface area contributed by atoms with Gasteiger partial charge in [-0.15, -0.1) is 0 Å². The van der Waals surface area contributed by atoms with E-state index in [1.165, 1.54) is 16.7 Å². The van der Waals surface area contributed by atoms with Crippen molar-refractivity contribution in [3.05, 3.63) is 50.9 Å². The summed E-state index contributed by atoms with van der Waals surface area (Å²) in [5.74, 6) is -0.264. The van der Waals surface area contributed by atoms with Crippen molar-refractivity contribution in [2.75, 3.05) is 0 Å². The van der Waals surface area contributed by atoms with E-state index in [1.54, 1.807) is 12.1 Å². The molecule has 0 fully saturated rings. The number of hydrogen-bond acceptors (Lipinski definition) is 2. The summed E-state index contributed by atoms with van der Waals surface area (Å²) in [5, 5.41) is 4.96. The maximum Gasteiger partial charge on any atom is 0.342 e. The minimum atomic E-state index is -0.264. The molecule has 2 N–H and O–H groups in total. The predicted octanol–water partition coefficient (Wildman–Crippen LogP) is 1.62. The van der Waals surface area contributed by atoms with Gasteiger partial charge in [0, 0.05) is 6.54 Å². The van der Waals surface area contributed by atoms with Gasteiger partial charge in [-0.05, 0) is 36.3 Å². The van der Waals surface area contributed by atoms with Gasteiger partial charge in [-0.2, -0.15) is 0 Å². The molecule has 0 atom stereocenters. The lowest BCUT2D eigenvalue weighted by Gasteiger charge is -2.01. The maximum absolute atomic E-state index is 12.6. The molecular formula is C10H10FN3OS. The van der Waals surface area contributed by atoms with Crippen LogP contribution in [0.3, 0.4) is 0 Å². The fourth-order valence-electron chi connectivity index (χ4n) is 1.43. The number of aromatic amines is 2. The Morgan fingerprint density at radius 1 is 1.25 bits per heavy atom. The highest BCUT2D eigenvalue weighted by molar-refractivity contribution is 7.71. The Labute approximate surface area is 95.7 Å². The summed E-state index contributed by atoms with van der Waals surface area (Å²) in [7, 11) is 0. The lowest BCUT2D eigenvalue weighted by Crippen LogP contribution is -2.18. The van der Waals surface area contributed by atoms with Crippen molar-refractivity contribution in [3.8, 4) is 0 Å². The van der Waals surface area contributed by atoms with Crippen LogP contribution in [0.15, 0.2) is 29.1 Å². The second-order valence-corrected chi connectivity index (χ2v) is 3.78. The minimum Gasteiger partial charge on any atom is -0.272 e. The molecule has 6 heteroatoms. The van der Waals surface area contributed by atoms with Crippen LogP contribution >= 0.6 is 12.2 Å². The Bertz CT molecular complexity index is 554. The van der Waals surface area contributed by atoms with E-state index in [1.807, 2.05) is 0 Å². The van der Waals surface area contributed by atoms with Crippen molar-refractivity contribution >= 4 is 12.2 Å². The largest absolute Gasteiger partial charge is 0.342 e. The van der Waals surface area contributed by atoms with Crippen LogP contribution in [-0.2, 0) is 13.0 Å². The number of rotatable bonds is 3. The first-order chi connectivity index (χ1) is 7.66. The van der Waals surface area contributed by atoms with Crippen LogP contribution in [0, 0.1) is 10.6 Å². The van der Waals surface area contributed by atoms with Crippen molar-refractivity contribution in [1.82, 2.24) is 14.8 Å². The first kappa shape index (κ1) is 10.8. The molecule has 0 saturated heterocycles. The number of hydrogen-bond donors (Lipinski definition) is 2. The molecule has 84 valence electrons. The normalized spacial score (nSPS) is 10.6. The zero-order chi connectivity index (χ0) is 11.5. The van der Waals surface area contributed by atoms with E-state index < -0.39 is 0 Å². The van der Waals surface area contributed by atoms with E-state index in [-0.39, 0.29) is 11.5 Å². The van der Waals surface area contributed by atoms with Gasteiger partial charge in [0.2, 0.25) is 0 Å². The highest BCUT2D eigenvalue weighted by Crippen LogP contribution is 2.04. The van der Waals surface area contributed by atoms with Crippen LogP contribution in [0.5, 0.6) is 0 Å². The summed E-state index contributed by atoms with van der Waals surface area (Å²) < 4.78 is 14.4. The topological polar surface area (TPSA) is 53.6 Å². The Morgan fingerprint density at radius 3 is 2.50 bits per heavy atom. The minimum absolute atomic E-state index is 0.257. The van der Waals surface area contributed by atoms with E-state index in [4.69, 9.17) is 12.2 Å². The first-order valence-corrected chi connectivity index (χ1v) is 5.19. The summed E-state index contributed by atoms with van der Waals surface area (Å²) in [5.41, 5.74) is 0.705. The van der Waals surface area contributed by atoms with Crippen LogP contribution in [0.4, 0.5) is 4.39 Å². The Morgan fingerprint density at radius 2 is 1.94 bits per heavy atom. The van der Waals surface area contributed by atoms with Gasteiger partial charge < -0.3 is 0 Å². The van der Waals surface area contributed by atoms with Crippen molar-refractivity contribution in [3.63, 3.8) is 0 Å². The third kappa shape index (κ3) is 2.27. The predicted molar refractivity (Wildman–Crippen MR) is 60.3 cm³/mol. The Balaban J connectivity index is 2.11. The van der Waals surface area contributed by atoms with Crippen LogP contribution in [0.2, 0.25) is 0 Å². The van der Waals surface area contributed by atoms with Crippen molar-refractivity contribution < 1.29 is 4.39 Å². The third-order valence-electron chi connectivity index (χ3n) is 2.30. The van der Waals surface area contributed by atoms with E-state index in [0.29, 0.717) is 17.7 Å². The molecule has 1 aromatic carbocycles. The van der Waals surface area contributed by atoms with E-state index >= 15 is 0 Å². The number of aryl methyl sites for hydroxylation is 1. The van der Waals surface area contributed by atoms with Crippen LogP contribution < -0.4 is 5.69 Å². The first-order valence-electron chi connectivity index (χ1n) is 4.79. The molecule has 16 heavy (non-hydrogen) atoms. The average molecular weight is 239 g/mol. The van der Waals surface area contributed by atoms with Crippen LogP contribution in [-0.4, -0.2) is 14.8 Å². The molecule has 1 heterocycles. The van der Waals surface area contributed by atoms with Gasteiger partial charge in [0.05, 0.1) is 0 Å². The zero-order valence-corrected chi connectivity index (χ0v) is 9.18. The molecule has 0 bridgehead atoms. The fourth-order valence-corrected chi connectivity index (χ4v) is 1.65. The van der Waals surface area contributed by atoms with Gasteiger partial charge in [0.1, 0.15) is 5.82 Å². The monoisotopic (exact) mass is 239 g/mol. The number of aromatic nitrogens is 3. The number of H-pyrrole nitrogens is 2. The molecule has 2 rings (SSSR count). The standard InChI is InChI=1S/C10H10FN3OS/c11-8-3-1-7(2-4-8)5-6-14-9(15)12-13-10(14)16/h1-4H,5-6H2,(H,12,15)(H,13,16). The molecule has 0 aliphatic heterocycles. The second-order valence-electron chi connectivity index (χ2n) is 3.39. The molecule has 0 aliphatic carbocycles. The molecule has 0 amide bonds. The lowest BCUT2D eigenvalue weighted by atomic mass is 10.1. The summed E-state index contributed by atoms with van der Waals surface area (Å²) in [4.78, 5) is 11.3. The highest BCUT2D eigenvalue weighted by atomic mass is 32.1. The third-order valence-corrected chi connectivity index (χ3v) is 2.63. The van der Waals surface area contributed by atoms with E-state index in [0.717, 1.165) is 5.56 Å². The Hall–Kier alpha value is -1.69. The summed E-state index contributed by atoms with van der Waals surface area (Å²) >= 11 is 4.93. The van der Waals surface area contributed by atoms with Crippen molar-refractivity contribution in [2.24, 2.45) is 0 Å². The molecular weight excluding hydrogens is 229 g/mol. The molecule has 0 aliphatic rings. The number of benzene rings is 1. The van der Waals surface area contributed by atoms with E-state index in [9.17, 15) is 9.18 Å². The van der Waals surface area contributed by atoms with Crippen molar-refractivity contribution in [2.45, 2.75) is 13.0 Å². The summed E-state index contributed by atoms with van der Waals surface area (Å²) in [6.07, 6.45) is 0.634. The maximum atomic E-state index is 12.6. The Kier molecular flexibility index (Phi) is 3.00. The van der Waals surface area contributed by atoms with Gasteiger partial charge in [-0.25, -0.2) is 14.3 Å². The zero-order valence-electron chi connectivity index (χ0n) is 8.37. The molecule has 2 aromatic rings. The van der Waals surface area contributed by atoms with Crippen LogP contribution in [0.1, 0.15) is 5.56 Å². The van der Waals surface area contributed by atoms with Gasteiger partial charge in [0.15, 0.2) is 4.77 Å². The average Bonchev–Trinajstić information content (AvgIpc) is 2.59. The smallest absolute Gasteiger partial charge is 0.272 e. The molecule has 1 aromatic heterocycles. The highest BCUT2D eigenvalue weighted by Gasteiger charge is 2.00. The lowest BCUT2D eigenvalue weighted by molar-refractivity contribution is 0.624. The van der Waals surface area contributed by atoms with E-state index in [2.05, 4.69) is 10.2 Å². The molecule has 4 nitrogen and oxygen atoms in total. The quantitative estimate of drug-likeness (QED) is 0.800. The second kappa shape index (κ2) is 4.44. The van der Waals surface area contributed by atoms with Gasteiger partial charge >= 0.3 is 5.69 Å². The summed E-state index contributed by atoms with van der Waals surface area (Å²) in [6.45, 7) is 0.475. The van der Waals surface area contributed by atoms with Crippen molar-refractivity contribution in [1.29, 1.82) is 0 Å². The SMILES string of the molecule is O=c1[nH][nH]c(=S)n1CCc1ccc(F)cc1. The molecule has 0 radical (unpaired) electrons. The van der Waals surface area contributed by atoms with Gasteiger partial charge in [-0.1, -0.05) is 12.1 Å². The summed E-state index contributed by atoms with van der Waals surface area (Å²) in [6, 6.07) is 6.19. The van der Waals surface area contributed by atoms with Crippen LogP contribution in [0.25, 0.3) is 0 Å². The van der Waals surface area contributed by atoms with Gasteiger partial charge in [0.25, 0.3) is 0 Å². The molecule has 0 saturated carbocycles. The number of nitrogens with one attached hydrogen (secondary N) is 2. The molecule has 0 unspecified atom stereocenters. The fraction of sp³-hybridized carbons (Fsp3) is 0.200.